The van der Waals surface area contributed by atoms with E-state index in [0.29, 0.717) is 12.8 Å². The fourth-order valence-electron chi connectivity index (χ4n) is 0.878. The molecule has 1 unspecified atom stereocenters. The third kappa shape index (κ3) is 1.29. The predicted molar refractivity (Wildman–Crippen MR) is 39.9 cm³/mol. The second-order valence-electron chi connectivity index (χ2n) is 2.16. The highest BCUT2D eigenvalue weighted by molar-refractivity contribution is 6.15. The number of halogens is 1. The molecule has 0 saturated carbocycles. The van der Waals surface area contributed by atoms with Gasteiger partial charge in [0.15, 0.2) is 5.78 Å². The van der Waals surface area contributed by atoms with Crippen molar-refractivity contribution in [2.24, 2.45) is 5.10 Å². The van der Waals surface area contributed by atoms with Crippen LogP contribution in [-0.4, -0.2) is 22.6 Å². The van der Waals surface area contributed by atoms with E-state index >= 15 is 0 Å². The Hall–Kier alpha value is -0.570. The molecule has 0 aromatic carbocycles. The smallest absolute Gasteiger partial charge is 0.158 e. The molecule has 0 aliphatic carbocycles. The topological polar surface area (TPSA) is 32.7 Å². The van der Waals surface area contributed by atoms with E-state index in [1.54, 1.807) is 6.21 Å². The quantitative estimate of drug-likeness (QED) is 0.569. The van der Waals surface area contributed by atoms with Gasteiger partial charge >= 0.3 is 0 Å². The molecule has 1 aliphatic heterocycles. The third-order valence-electron chi connectivity index (χ3n) is 1.50. The van der Waals surface area contributed by atoms with Crippen LogP contribution in [0, 0.1) is 0 Å². The Morgan fingerprint density at radius 1 is 2.00 bits per heavy atom. The van der Waals surface area contributed by atoms with Crippen LogP contribution in [-0.2, 0) is 4.79 Å². The highest BCUT2D eigenvalue weighted by Crippen LogP contribution is 2.15. The molecular formula is C6H9ClN2O. The van der Waals surface area contributed by atoms with E-state index in [4.69, 9.17) is 11.8 Å². The molecule has 10 heavy (non-hydrogen) atoms. The van der Waals surface area contributed by atoms with Crippen molar-refractivity contribution in [3.8, 4) is 0 Å². The summed E-state index contributed by atoms with van der Waals surface area (Å²) in [5.41, 5.74) is 0. The van der Waals surface area contributed by atoms with Gasteiger partial charge in [-0.25, -0.2) is 0 Å². The van der Waals surface area contributed by atoms with Crippen molar-refractivity contribution in [1.29, 1.82) is 0 Å². The highest BCUT2D eigenvalue weighted by atomic mass is 35.5. The van der Waals surface area contributed by atoms with Crippen molar-refractivity contribution in [2.45, 2.75) is 25.8 Å². The van der Waals surface area contributed by atoms with Crippen molar-refractivity contribution >= 4 is 23.8 Å². The summed E-state index contributed by atoms with van der Waals surface area (Å²) in [6, 6.07) is -0.216. The molecule has 0 aromatic rings. The number of ketones is 1. The molecule has 0 saturated heterocycles. The highest BCUT2D eigenvalue weighted by Gasteiger charge is 2.24. The Morgan fingerprint density at radius 2 is 2.70 bits per heavy atom. The van der Waals surface area contributed by atoms with Crippen LogP contribution >= 0.6 is 11.8 Å². The van der Waals surface area contributed by atoms with Crippen LogP contribution in [0.5, 0.6) is 0 Å². The zero-order valence-electron chi connectivity index (χ0n) is 5.75. The lowest BCUT2D eigenvalue weighted by atomic mass is 10.1. The molecule has 0 fully saturated rings. The van der Waals surface area contributed by atoms with Gasteiger partial charge in [0.2, 0.25) is 0 Å². The first kappa shape index (κ1) is 7.54. The van der Waals surface area contributed by atoms with Gasteiger partial charge in [-0.3, -0.25) is 4.79 Å². The van der Waals surface area contributed by atoms with Gasteiger partial charge in [0.05, 0.1) is 0 Å². The minimum absolute atomic E-state index is 0.146. The van der Waals surface area contributed by atoms with E-state index in [2.05, 4.69) is 5.10 Å². The van der Waals surface area contributed by atoms with Crippen LogP contribution in [0.2, 0.25) is 0 Å². The van der Waals surface area contributed by atoms with Crippen molar-refractivity contribution in [3.63, 3.8) is 0 Å². The molecule has 1 atom stereocenters. The first-order valence-electron chi connectivity index (χ1n) is 3.26. The van der Waals surface area contributed by atoms with E-state index < -0.39 is 0 Å². The zero-order valence-corrected chi connectivity index (χ0v) is 6.51. The molecule has 1 aliphatic rings. The Kier molecular flexibility index (Phi) is 2.27. The van der Waals surface area contributed by atoms with Gasteiger partial charge in [-0.2, -0.15) is 9.63 Å². The number of carbonyl (C=O) groups excluding carboxylic acids is 1. The van der Waals surface area contributed by atoms with Crippen LogP contribution in [0.1, 0.15) is 19.8 Å². The number of hydrogen-bond donors (Lipinski definition) is 0. The third-order valence-corrected chi connectivity index (χ3v) is 1.82. The second-order valence-corrected chi connectivity index (χ2v) is 2.50. The van der Waals surface area contributed by atoms with Gasteiger partial charge < -0.3 is 0 Å². The predicted octanol–water partition coefficient (Wildman–Crippen LogP) is 1.18. The molecule has 0 spiro atoms. The van der Waals surface area contributed by atoms with E-state index in [9.17, 15) is 4.79 Å². The summed E-state index contributed by atoms with van der Waals surface area (Å²) >= 11 is 5.57. The van der Waals surface area contributed by atoms with Crippen LogP contribution in [0.3, 0.4) is 0 Å². The minimum atomic E-state index is -0.216. The molecule has 0 N–H and O–H groups in total. The monoisotopic (exact) mass is 160 g/mol. The fraction of sp³-hybridized carbons (Fsp3) is 0.667. The fourth-order valence-corrected chi connectivity index (χ4v) is 1.13. The maximum Gasteiger partial charge on any atom is 0.158 e. The summed E-state index contributed by atoms with van der Waals surface area (Å²) < 4.78 is 1.20. The van der Waals surface area contributed by atoms with Crippen molar-refractivity contribution in [2.75, 3.05) is 0 Å². The maximum absolute atomic E-state index is 11.0. The number of hydrogen-bond acceptors (Lipinski definition) is 3. The molecule has 0 aromatic heterocycles. The molecule has 0 bridgehead atoms. The van der Waals surface area contributed by atoms with Crippen LogP contribution in [0.15, 0.2) is 5.10 Å². The van der Waals surface area contributed by atoms with Crippen LogP contribution < -0.4 is 0 Å². The molecular weight excluding hydrogens is 152 g/mol. The first-order chi connectivity index (χ1) is 4.75. The number of carbonyl (C=O) groups is 1. The minimum Gasteiger partial charge on any atom is -0.297 e. The summed E-state index contributed by atoms with van der Waals surface area (Å²) in [4.78, 5) is 11.0. The maximum atomic E-state index is 11.0. The lowest BCUT2D eigenvalue weighted by Crippen LogP contribution is -2.27. The number of rotatable bonds is 2. The summed E-state index contributed by atoms with van der Waals surface area (Å²) in [5, 5.41) is 3.74. The van der Waals surface area contributed by atoms with Gasteiger partial charge in [-0.15, -0.1) is 0 Å². The molecule has 0 radical (unpaired) electrons. The summed E-state index contributed by atoms with van der Waals surface area (Å²) in [7, 11) is 0. The Balaban J connectivity index is 2.51. The van der Waals surface area contributed by atoms with Gasteiger partial charge in [-0.1, -0.05) is 6.92 Å². The summed E-state index contributed by atoms with van der Waals surface area (Å²) in [5.74, 6) is 0.146. The number of Topliss-reactive ketones (excluding diaryl/α,β-unsaturated/α-hetero) is 1. The first-order valence-corrected chi connectivity index (χ1v) is 3.59. The van der Waals surface area contributed by atoms with E-state index in [1.807, 2.05) is 6.92 Å². The molecule has 3 nitrogen and oxygen atoms in total. The van der Waals surface area contributed by atoms with Gasteiger partial charge in [0, 0.05) is 30.8 Å². The lowest BCUT2D eigenvalue weighted by molar-refractivity contribution is -0.121. The van der Waals surface area contributed by atoms with Crippen molar-refractivity contribution < 1.29 is 4.79 Å². The normalized spacial score (nSPS) is 23.8. The average Bonchev–Trinajstić information content (AvgIpc) is 2.34. The molecule has 4 heteroatoms. The molecule has 1 heterocycles. The van der Waals surface area contributed by atoms with Crippen molar-refractivity contribution in [3.05, 3.63) is 0 Å². The van der Waals surface area contributed by atoms with E-state index in [1.165, 1.54) is 4.53 Å². The summed E-state index contributed by atoms with van der Waals surface area (Å²) in [6.07, 6.45) is 2.83. The largest absolute Gasteiger partial charge is 0.297 e. The van der Waals surface area contributed by atoms with Gasteiger partial charge in [0.25, 0.3) is 0 Å². The zero-order chi connectivity index (χ0) is 7.56. The summed E-state index contributed by atoms with van der Waals surface area (Å²) in [6.45, 7) is 1.82. The molecule has 1 rings (SSSR count). The van der Waals surface area contributed by atoms with Crippen LogP contribution in [0.4, 0.5) is 0 Å². The standard InChI is InChI=1S/C6H9ClN2O/c1-2-6(10)5-3-4-8-9(5)7/h4-5H,2-3H2,1H3. The van der Waals surface area contributed by atoms with Crippen LogP contribution in [0.25, 0.3) is 0 Å². The van der Waals surface area contributed by atoms with E-state index in [0.717, 1.165) is 0 Å². The molecule has 56 valence electrons. The Morgan fingerprint density at radius 3 is 3.10 bits per heavy atom. The molecule has 0 amide bonds. The lowest BCUT2D eigenvalue weighted by Gasteiger charge is -2.12. The number of nitrogens with zero attached hydrogens (tertiary/aromatic N) is 2. The Labute approximate surface area is 64.8 Å². The average molecular weight is 161 g/mol. The second kappa shape index (κ2) is 3.01. The van der Waals surface area contributed by atoms with E-state index in [-0.39, 0.29) is 11.8 Å². The van der Waals surface area contributed by atoms with Gasteiger partial charge in [0.1, 0.15) is 6.04 Å². The van der Waals surface area contributed by atoms with Crippen molar-refractivity contribution in [1.82, 2.24) is 4.53 Å². The SMILES string of the molecule is CCC(=O)C1CC=NN1Cl. The van der Waals surface area contributed by atoms with Gasteiger partial charge in [-0.05, 0) is 0 Å². The Bertz CT molecular complexity index is 169. The number of hydrazone groups is 1.